The van der Waals surface area contributed by atoms with Crippen molar-refractivity contribution in [2.24, 2.45) is 7.05 Å². The first-order valence-corrected chi connectivity index (χ1v) is 5.80. The van der Waals surface area contributed by atoms with Crippen LogP contribution in [0.2, 0.25) is 0 Å². The molecule has 1 aliphatic heterocycles. The van der Waals surface area contributed by atoms with Gasteiger partial charge in [-0.2, -0.15) is 8.78 Å². The van der Waals surface area contributed by atoms with Crippen LogP contribution in [-0.4, -0.2) is 28.1 Å². The molecule has 6 heteroatoms. The van der Waals surface area contributed by atoms with Crippen LogP contribution in [0.4, 0.5) is 14.5 Å². The van der Waals surface area contributed by atoms with E-state index >= 15 is 0 Å². The fraction of sp³-hybridized carbons (Fsp3) is 0.231. The van der Waals surface area contributed by atoms with E-state index < -0.39 is 6.05 Å². The largest absolute Gasteiger partial charge is 0.346 e. The first kappa shape index (κ1) is 11.8. The number of hydrogen-bond donors (Lipinski definition) is 0. The molecule has 0 radical (unpaired) electrons. The first-order chi connectivity index (χ1) is 9.00. The second kappa shape index (κ2) is 3.88. The molecule has 0 saturated carbocycles. The van der Waals surface area contributed by atoms with E-state index in [0.717, 1.165) is 16.7 Å². The zero-order valence-electron chi connectivity index (χ0n) is 10.5. The minimum absolute atomic E-state index is 0.447. The van der Waals surface area contributed by atoms with Gasteiger partial charge in [-0.1, -0.05) is 23.4 Å². The third-order valence-electron chi connectivity index (χ3n) is 3.26. The number of fused-ring (bicyclic) bond motifs is 3. The molecule has 0 N–H and O–H groups in total. The molecule has 0 amide bonds. The van der Waals surface area contributed by atoms with Crippen molar-refractivity contribution < 1.29 is 8.78 Å². The van der Waals surface area contributed by atoms with E-state index in [9.17, 15) is 8.78 Å². The molecule has 0 unspecified atom stereocenters. The van der Waals surface area contributed by atoms with Gasteiger partial charge in [-0.25, -0.2) is 4.68 Å². The number of likely N-dealkylation sites (N-methyl/N-ethyl adjacent to an activating group) is 1. The highest BCUT2D eigenvalue weighted by Crippen LogP contribution is 2.38. The van der Waals surface area contributed by atoms with Crippen molar-refractivity contribution in [3.8, 4) is 11.3 Å². The van der Waals surface area contributed by atoms with Crippen LogP contribution in [0.15, 0.2) is 30.3 Å². The number of aromatic nitrogens is 3. The van der Waals surface area contributed by atoms with Crippen LogP contribution in [0.1, 0.15) is 5.69 Å². The first-order valence-electron chi connectivity index (χ1n) is 5.80. The third-order valence-corrected chi connectivity index (χ3v) is 3.26. The molecule has 98 valence electrons. The lowest BCUT2D eigenvalue weighted by atomic mass is 10.0. The molecular weight excluding hydrogens is 250 g/mol. The Balaban J connectivity index is 2.36. The fourth-order valence-corrected chi connectivity index (χ4v) is 2.22. The molecule has 0 spiro atoms. The second-order valence-electron chi connectivity index (χ2n) is 4.44. The van der Waals surface area contributed by atoms with Gasteiger partial charge in [-0.05, 0) is 12.1 Å². The van der Waals surface area contributed by atoms with Gasteiger partial charge < -0.3 is 4.90 Å². The molecule has 1 aromatic carbocycles. The van der Waals surface area contributed by atoms with Gasteiger partial charge >= 0.3 is 6.05 Å². The number of aryl methyl sites for hydroxylation is 1. The number of hydrogen-bond acceptors (Lipinski definition) is 3. The summed E-state index contributed by atoms with van der Waals surface area (Å²) in [5.41, 5.74) is 2.32. The second-order valence-corrected chi connectivity index (χ2v) is 4.44. The van der Waals surface area contributed by atoms with Crippen LogP contribution in [0.5, 0.6) is 0 Å². The molecule has 0 bridgehead atoms. The number of anilines is 1. The third kappa shape index (κ3) is 1.71. The van der Waals surface area contributed by atoms with E-state index in [1.54, 1.807) is 29.9 Å². The highest BCUT2D eigenvalue weighted by atomic mass is 19.3. The van der Waals surface area contributed by atoms with Crippen molar-refractivity contribution in [3.63, 3.8) is 0 Å². The molecule has 19 heavy (non-hydrogen) atoms. The Kier molecular flexibility index (Phi) is 2.41. The van der Waals surface area contributed by atoms with Crippen molar-refractivity contribution in [1.29, 1.82) is 0 Å². The maximum Gasteiger partial charge on any atom is 0.346 e. The van der Waals surface area contributed by atoms with Crippen LogP contribution < -0.4 is 4.90 Å². The van der Waals surface area contributed by atoms with Crippen LogP contribution >= 0.6 is 0 Å². The zero-order chi connectivity index (χ0) is 13.6. The Morgan fingerprint density at radius 1 is 1.16 bits per heavy atom. The molecule has 1 aromatic heterocycles. The van der Waals surface area contributed by atoms with Gasteiger partial charge in [0.15, 0.2) is 0 Å². The number of halogens is 2. The van der Waals surface area contributed by atoms with Crippen molar-refractivity contribution in [2.45, 2.75) is 6.05 Å². The summed E-state index contributed by atoms with van der Waals surface area (Å²) in [6, 6.07) is 3.95. The molecular formula is C13H12F2N4. The molecule has 4 nitrogen and oxygen atoms in total. The van der Waals surface area contributed by atoms with Crippen molar-refractivity contribution in [1.82, 2.24) is 15.0 Å². The molecule has 0 atom stereocenters. The van der Waals surface area contributed by atoms with Crippen LogP contribution in [0, 0.1) is 0 Å². The summed E-state index contributed by atoms with van der Waals surface area (Å²) >= 11 is 0. The highest BCUT2D eigenvalue weighted by molar-refractivity contribution is 5.82. The van der Waals surface area contributed by atoms with Gasteiger partial charge in [0.2, 0.25) is 0 Å². The van der Waals surface area contributed by atoms with E-state index in [1.165, 1.54) is 13.1 Å². The average Bonchev–Trinajstić information content (AvgIpc) is 2.75. The monoisotopic (exact) mass is 262 g/mol. The van der Waals surface area contributed by atoms with E-state index in [0.29, 0.717) is 16.9 Å². The Bertz CT molecular complexity index is 660. The summed E-state index contributed by atoms with van der Waals surface area (Å²) in [4.78, 5) is 0.953. The Morgan fingerprint density at radius 3 is 2.68 bits per heavy atom. The highest BCUT2D eigenvalue weighted by Gasteiger charge is 2.35. The summed E-state index contributed by atoms with van der Waals surface area (Å²) < 4.78 is 29.6. The SMILES string of the molecule is CN1c2ccccc2-c2c(nnn2C)/C=C\C1(F)F. The Hall–Kier alpha value is -2.24. The maximum absolute atomic E-state index is 14.0. The predicted octanol–water partition coefficient (Wildman–Crippen LogP) is 2.54. The molecule has 2 aromatic rings. The summed E-state index contributed by atoms with van der Waals surface area (Å²) in [5, 5.41) is 7.83. The molecule has 3 rings (SSSR count). The van der Waals surface area contributed by atoms with E-state index in [4.69, 9.17) is 0 Å². The fourth-order valence-electron chi connectivity index (χ4n) is 2.22. The summed E-state index contributed by atoms with van der Waals surface area (Å²) in [7, 11) is 3.12. The Morgan fingerprint density at radius 2 is 1.89 bits per heavy atom. The van der Waals surface area contributed by atoms with Crippen LogP contribution in [0.25, 0.3) is 17.3 Å². The summed E-state index contributed by atoms with van der Waals surface area (Å²) in [6.07, 6.45) is 2.16. The Labute approximate surface area is 109 Å². The standard InChI is InChI=1S/C13H12F2N4/c1-18-11-6-4-3-5-9(11)12-10(16-17-19(12)2)7-8-13(18,14)15/h3-8H,1-2H3/b8-7-. The normalized spacial score (nSPS) is 18.2. The number of rotatable bonds is 0. The van der Waals surface area contributed by atoms with E-state index in [2.05, 4.69) is 10.3 Å². The van der Waals surface area contributed by atoms with Gasteiger partial charge in [0.1, 0.15) is 5.69 Å². The lowest BCUT2D eigenvalue weighted by molar-refractivity contribution is 0.0574. The smallest absolute Gasteiger partial charge is 0.312 e. The minimum atomic E-state index is -3.06. The summed E-state index contributed by atoms with van der Waals surface area (Å²) in [5.74, 6) is 0. The van der Waals surface area contributed by atoms with Crippen molar-refractivity contribution in [2.75, 3.05) is 11.9 Å². The number of alkyl halides is 2. The summed E-state index contributed by atoms with van der Waals surface area (Å²) in [6.45, 7) is 0. The van der Waals surface area contributed by atoms with Crippen molar-refractivity contribution >= 4 is 11.8 Å². The van der Waals surface area contributed by atoms with Crippen LogP contribution in [0.3, 0.4) is 0 Å². The average molecular weight is 262 g/mol. The number of para-hydroxylation sites is 1. The van der Waals surface area contributed by atoms with E-state index in [-0.39, 0.29) is 0 Å². The quantitative estimate of drug-likeness (QED) is 0.684. The number of nitrogens with zero attached hydrogens (tertiary/aromatic N) is 4. The van der Waals surface area contributed by atoms with Gasteiger partial charge in [-0.15, -0.1) is 5.10 Å². The van der Waals surface area contributed by atoms with Gasteiger partial charge in [-0.3, -0.25) is 0 Å². The van der Waals surface area contributed by atoms with Gasteiger partial charge in [0, 0.05) is 25.7 Å². The van der Waals surface area contributed by atoms with Gasteiger partial charge in [0.05, 0.1) is 11.4 Å². The maximum atomic E-state index is 14.0. The lowest BCUT2D eigenvalue weighted by Gasteiger charge is -2.30. The van der Waals surface area contributed by atoms with Gasteiger partial charge in [0.25, 0.3) is 0 Å². The molecule has 0 aliphatic carbocycles. The topological polar surface area (TPSA) is 34.0 Å². The molecule has 2 heterocycles. The predicted molar refractivity (Wildman–Crippen MR) is 68.8 cm³/mol. The lowest BCUT2D eigenvalue weighted by Crippen LogP contribution is -2.37. The molecule has 1 aliphatic rings. The molecule has 0 fully saturated rings. The van der Waals surface area contributed by atoms with E-state index in [1.807, 2.05) is 6.07 Å². The minimum Gasteiger partial charge on any atom is -0.312 e. The molecule has 0 saturated heterocycles. The van der Waals surface area contributed by atoms with Crippen molar-refractivity contribution in [3.05, 3.63) is 36.0 Å². The number of benzene rings is 1. The van der Waals surface area contributed by atoms with Crippen LogP contribution in [-0.2, 0) is 7.05 Å². The zero-order valence-corrected chi connectivity index (χ0v) is 10.5.